The van der Waals surface area contributed by atoms with E-state index in [1.807, 2.05) is 0 Å². The van der Waals surface area contributed by atoms with Gasteiger partial charge < -0.3 is 15.0 Å². The number of aromatic nitrogens is 2. The number of benzene rings is 1. The lowest BCUT2D eigenvalue weighted by molar-refractivity contribution is 0.0525. The van der Waals surface area contributed by atoms with Gasteiger partial charge in [-0.2, -0.15) is 0 Å². The molecule has 0 saturated carbocycles. The van der Waals surface area contributed by atoms with Gasteiger partial charge in [0.05, 0.1) is 12.2 Å². The number of amides is 2. The maximum absolute atomic E-state index is 12.6. The highest BCUT2D eigenvalue weighted by Gasteiger charge is 2.23. The van der Waals surface area contributed by atoms with Crippen LogP contribution >= 0.6 is 11.3 Å². The number of nitrogens with one attached hydrogen (secondary N) is 3. The summed E-state index contributed by atoms with van der Waals surface area (Å²) in [7, 11) is 0. The monoisotopic (exact) mass is 412 g/mol. The second kappa shape index (κ2) is 8.70. The highest BCUT2D eigenvalue weighted by atomic mass is 32.1. The number of carbonyl (C=O) groups is 3. The van der Waals surface area contributed by atoms with Crippen LogP contribution in [0, 0.1) is 13.8 Å². The van der Waals surface area contributed by atoms with Gasteiger partial charge in [0.2, 0.25) is 0 Å². The van der Waals surface area contributed by atoms with E-state index in [9.17, 15) is 14.4 Å². The first kappa shape index (κ1) is 20.3. The van der Waals surface area contributed by atoms with Gasteiger partial charge in [0.15, 0.2) is 5.13 Å². The molecule has 0 bridgehead atoms. The van der Waals surface area contributed by atoms with Crippen LogP contribution in [-0.4, -0.2) is 34.4 Å². The van der Waals surface area contributed by atoms with Crippen molar-refractivity contribution in [3.05, 3.63) is 63.9 Å². The van der Waals surface area contributed by atoms with Crippen LogP contribution in [0.2, 0.25) is 0 Å². The van der Waals surface area contributed by atoms with Crippen molar-refractivity contribution in [3.8, 4) is 0 Å². The van der Waals surface area contributed by atoms with Crippen molar-refractivity contribution in [2.24, 2.45) is 0 Å². The fraction of sp³-hybridized carbons (Fsp3) is 0.200. The number of nitrogens with zero attached hydrogens (tertiary/aromatic N) is 1. The Kier molecular flexibility index (Phi) is 6.08. The first-order chi connectivity index (χ1) is 13.9. The van der Waals surface area contributed by atoms with Crippen molar-refractivity contribution >= 4 is 39.9 Å². The van der Waals surface area contributed by atoms with E-state index in [0.717, 1.165) is 0 Å². The number of thiazole rings is 1. The highest BCUT2D eigenvalue weighted by Crippen LogP contribution is 2.21. The molecule has 3 N–H and O–H groups in total. The molecular formula is C20H20N4O4S. The lowest BCUT2D eigenvalue weighted by Crippen LogP contribution is -2.15. The van der Waals surface area contributed by atoms with Gasteiger partial charge in [0.1, 0.15) is 5.69 Å². The molecule has 0 spiro atoms. The van der Waals surface area contributed by atoms with E-state index in [4.69, 9.17) is 4.74 Å². The summed E-state index contributed by atoms with van der Waals surface area (Å²) in [5, 5.41) is 7.74. The molecule has 3 aromatic rings. The molecule has 0 aliphatic carbocycles. The number of anilines is 2. The zero-order chi connectivity index (χ0) is 21.0. The number of aromatic amines is 1. The molecule has 0 aliphatic rings. The Morgan fingerprint density at radius 3 is 2.45 bits per heavy atom. The Morgan fingerprint density at radius 2 is 1.83 bits per heavy atom. The number of carbonyl (C=O) groups excluding carboxylic acids is 3. The van der Waals surface area contributed by atoms with Crippen LogP contribution < -0.4 is 10.6 Å². The third kappa shape index (κ3) is 4.52. The molecule has 0 unspecified atom stereocenters. The molecule has 9 heteroatoms. The fourth-order valence-electron chi connectivity index (χ4n) is 2.84. The van der Waals surface area contributed by atoms with Crippen LogP contribution in [0.15, 0.2) is 35.8 Å². The first-order valence-corrected chi connectivity index (χ1v) is 9.77. The van der Waals surface area contributed by atoms with E-state index in [1.54, 1.807) is 56.6 Å². The number of esters is 1. The van der Waals surface area contributed by atoms with Crippen molar-refractivity contribution in [2.75, 3.05) is 17.2 Å². The Labute approximate surface area is 171 Å². The van der Waals surface area contributed by atoms with Crippen LogP contribution in [0.3, 0.4) is 0 Å². The maximum Gasteiger partial charge on any atom is 0.340 e. The maximum atomic E-state index is 12.6. The van der Waals surface area contributed by atoms with Gasteiger partial charge >= 0.3 is 5.97 Å². The molecule has 0 atom stereocenters. The predicted octanol–water partition coefficient (Wildman–Crippen LogP) is 3.77. The third-order valence-corrected chi connectivity index (χ3v) is 4.89. The minimum atomic E-state index is -0.464. The van der Waals surface area contributed by atoms with Crippen LogP contribution in [0.5, 0.6) is 0 Å². The molecule has 0 fully saturated rings. The SMILES string of the molecule is CCOC(=O)c1c(C)[nH]c(C(=O)Nc2ccc(C(=O)Nc3nccs3)cc2)c1C. The van der Waals surface area contributed by atoms with Gasteiger partial charge in [-0.3, -0.25) is 14.9 Å². The minimum absolute atomic E-state index is 0.257. The average Bonchev–Trinajstić information content (AvgIpc) is 3.30. The molecule has 2 amide bonds. The summed E-state index contributed by atoms with van der Waals surface area (Å²) in [6, 6.07) is 6.48. The average molecular weight is 412 g/mol. The topological polar surface area (TPSA) is 113 Å². The Hall–Kier alpha value is -3.46. The van der Waals surface area contributed by atoms with E-state index in [1.165, 1.54) is 11.3 Å². The summed E-state index contributed by atoms with van der Waals surface area (Å²) in [5.74, 6) is -1.14. The van der Waals surface area contributed by atoms with Gasteiger partial charge in [-0.15, -0.1) is 11.3 Å². The number of hydrogen-bond acceptors (Lipinski definition) is 6. The highest BCUT2D eigenvalue weighted by molar-refractivity contribution is 7.13. The van der Waals surface area contributed by atoms with Gasteiger partial charge in [-0.1, -0.05) is 0 Å². The van der Waals surface area contributed by atoms with Gasteiger partial charge in [-0.25, -0.2) is 9.78 Å². The summed E-state index contributed by atoms with van der Waals surface area (Å²) in [4.78, 5) is 43.8. The molecule has 0 radical (unpaired) electrons. The number of H-pyrrole nitrogens is 1. The smallest absolute Gasteiger partial charge is 0.340 e. The summed E-state index contributed by atoms with van der Waals surface area (Å²) in [5.41, 5.74) is 2.71. The van der Waals surface area contributed by atoms with Crippen LogP contribution in [0.4, 0.5) is 10.8 Å². The molecular weight excluding hydrogens is 392 g/mol. The van der Waals surface area contributed by atoms with E-state index < -0.39 is 5.97 Å². The molecule has 2 heterocycles. The molecule has 150 valence electrons. The normalized spacial score (nSPS) is 10.4. The molecule has 1 aromatic carbocycles. The Morgan fingerprint density at radius 1 is 1.10 bits per heavy atom. The van der Waals surface area contributed by atoms with Gasteiger partial charge in [-0.05, 0) is 50.6 Å². The van der Waals surface area contributed by atoms with Crippen LogP contribution in [-0.2, 0) is 4.74 Å². The third-order valence-electron chi connectivity index (χ3n) is 4.20. The van der Waals surface area contributed by atoms with Gasteiger partial charge in [0, 0.05) is 28.5 Å². The molecule has 3 rings (SSSR count). The second-order valence-corrected chi connectivity index (χ2v) is 7.06. The molecule has 29 heavy (non-hydrogen) atoms. The largest absolute Gasteiger partial charge is 0.462 e. The van der Waals surface area contributed by atoms with Crippen LogP contribution in [0.1, 0.15) is 49.4 Å². The molecule has 2 aromatic heterocycles. The number of ether oxygens (including phenoxy) is 1. The fourth-order valence-corrected chi connectivity index (χ4v) is 3.36. The lowest BCUT2D eigenvalue weighted by atomic mass is 10.1. The molecule has 0 aliphatic heterocycles. The number of rotatable bonds is 6. The first-order valence-electron chi connectivity index (χ1n) is 8.89. The van der Waals surface area contributed by atoms with Crippen molar-refractivity contribution in [1.29, 1.82) is 0 Å². The van der Waals surface area contributed by atoms with E-state index in [2.05, 4.69) is 20.6 Å². The second-order valence-electron chi connectivity index (χ2n) is 6.17. The summed E-state index contributed by atoms with van der Waals surface area (Å²) in [6.07, 6.45) is 1.61. The Bertz CT molecular complexity index is 1040. The van der Waals surface area contributed by atoms with E-state index in [-0.39, 0.29) is 24.1 Å². The van der Waals surface area contributed by atoms with E-state index in [0.29, 0.717) is 33.2 Å². The number of aryl methyl sites for hydroxylation is 1. The number of hydrogen-bond donors (Lipinski definition) is 3. The van der Waals surface area contributed by atoms with E-state index >= 15 is 0 Å². The summed E-state index contributed by atoms with van der Waals surface area (Å²) in [6.45, 7) is 5.39. The van der Waals surface area contributed by atoms with Crippen LogP contribution in [0.25, 0.3) is 0 Å². The lowest BCUT2D eigenvalue weighted by Gasteiger charge is -2.07. The van der Waals surface area contributed by atoms with Crippen molar-refractivity contribution in [2.45, 2.75) is 20.8 Å². The Balaban J connectivity index is 1.70. The molecule has 8 nitrogen and oxygen atoms in total. The quantitative estimate of drug-likeness (QED) is 0.534. The molecule has 0 saturated heterocycles. The summed E-state index contributed by atoms with van der Waals surface area (Å²) < 4.78 is 5.04. The van der Waals surface area contributed by atoms with Gasteiger partial charge in [0.25, 0.3) is 11.8 Å². The zero-order valence-electron chi connectivity index (χ0n) is 16.2. The standard InChI is InChI=1S/C20H20N4O4S/c1-4-28-19(27)15-11(2)16(22-12(15)3)18(26)23-14-7-5-13(6-8-14)17(25)24-20-21-9-10-29-20/h5-10,22H,4H2,1-3H3,(H,23,26)(H,21,24,25). The zero-order valence-corrected chi connectivity index (χ0v) is 17.0. The van der Waals surface area contributed by atoms with Crippen molar-refractivity contribution < 1.29 is 19.1 Å². The van der Waals surface area contributed by atoms with Crippen molar-refractivity contribution in [1.82, 2.24) is 9.97 Å². The summed E-state index contributed by atoms with van der Waals surface area (Å²) >= 11 is 1.33. The minimum Gasteiger partial charge on any atom is -0.462 e. The van der Waals surface area contributed by atoms with Crippen molar-refractivity contribution in [3.63, 3.8) is 0 Å². The predicted molar refractivity (Wildman–Crippen MR) is 111 cm³/mol.